The van der Waals surface area contributed by atoms with Crippen LogP contribution in [0, 0.1) is 6.92 Å². The van der Waals surface area contributed by atoms with Crippen molar-refractivity contribution in [3.8, 4) is 0 Å². The predicted octanol–water partition coefficient (Wildman–Crippen LogP) is 3.82. The summed E-state index contributed by atoms with van der Waals surface area (Å²) >= 11 is 0. The van der Waals surface area contributed by atoms with Gasteiger partial charge in [0.05, 0.1) is 0 Å². The van der Waals surface area contributed by atoms with E-state index in [1.807, 2.05) is 40.8 Å². The fourth-order valence-corrected chi connectivity index (χ4v) is 3.69. The fourth-order valence-electron chi connectivity index (χ4n) is 3.69. The van der Waals surface area contributed by atoms with Crippen molar-refractivity contribution in [2.45, 2.75) is 84.3 Å². The lowest BCUT2D eigenvalue weighted by Gasteiger charge is -2.34. The Morgan fingerprint density at radius 1 is 1.19 bits per heavy atom. The number of piperidine rings is 1. The average Bonchev–Trinajstić information content (AvgIpc) is 2.71. The van der Waals surface area contributed by atoms with Gasteiger partial charge >= 0.3 is 5.97 Å². The third-order valence-electron chi connectivity index (χ3n) is 5.28. The SMILES string of the molecule is CN=C(NCCCCCCC(=O)OC(C)(C)C)NC1CCN(c2cccc(C)n2)CC1. The quantitative estimate of drug-likeness (QED) is 0.268. The number of hydrogen-bond acceptors (Lipinski definition) is 5. The molecule has 1 saturated heterocycles. The van der Waals surface area contributed by atoms with Gasteiger partial charge in [0.2, 0.25) is 0 Å². The molecule has 7 nitrogen and oxygen atoms in total. The standard InChI is InChI=1S/C24H41N5O2/c1-19-11-10-12-21(27-19)29-17-14-20(15-18-29)28-23(25-5)26-16-9-7-6-8-13-22(30)31-24(2,3)4/h10-12,20H,6-9,13-18H2,1-5H3,(H2,25,26,28). The molecule has 31 heavy (non-hydrogen) atoms. The largest absolute Gasteiger partial charge is 0.460 e. The van der Waals surface area contributed by atoms with Crippen LogP contribution in [0.1, 0.15) is 71.4 Å². The Labute approximate surface area is 188 Å². The number of ether oxygens (including phenoxy) is 1. The van der Waals surface area contributed by atoms with Gasteiger partial charge in [0.1, 0.15) is 11.4 Å². The first-order valence-corrected chi connectivity index (χ1v) is 11.6. The van der Waals surface area contributed by atoms with Crippen molar-refractivity contribution in [1.82, 2.24) is 15.6 Å². The Kier molecular flexibility index (Phi) is 10.1. The second-order valence-electron chi connectivity index (χ2n) is 9.29. The third kappa shape index (κ3) is 10.0. The van der Waals surface area contributed by atoms with Gasteiger partial charge in [-0.3, -0.25) is 9.79 Å². The first-order valence-electron chi connectivity index (χ1n) is 11.6. The maximum absolute atomic E-state index is 11.7. The molecule has 0 atom stereocenters. The highest BCUT2D eigenvalue weighted by atomic mass is 16.6. The number of unbranched alkanes of at least 4 members (excludes halogenated alkanes) is 3. The second kappa shape index (κ2) is 12.5. The molecule has 0 bridgehead atoms. The highest BCUT2D eigenvalue weighted by Crippen LogP contribution is 2.18. The number of carbonyl (C=O) groups is 1. The van der Waals surface area contributed by atoms with E-state index in [0.29, 0.717) is 12.5 Å². The van der Waals surface area contributed by atoms with E-state index < -0.39 is 5.60 Å². The summed E-state index contributed by atoms with van der Waals surface area (Å²) in [5.41, 5.74) is 0.671. The van der Waals surface area contributed by atoms with Crippen molar-refractivity contribution in [2.24, 2.45) is 4.99 Å². The number of nitrogens with zero attached hydrogens (tertiary/aromatic N) is 3. The highest BCUT2D eigenvalue weighted by molar-refractivity contribution is 5.79. The summed E-state index contributed by atoms with van der Waals surface area (Å²) in [6, 6.07) is 6.63. The van der Waals surface area contributed by atoms with E-state index in [1.165, 1.54) is 0 Å². The summed E-state index contributed by atoms with van der Waals surface area (Å²) in [6.45, 7) is 10.6. The Bertz CT molecular complexity index is 706. The summed E-state index contributed by atoms with van der Waals surface area (Å²) < 4.78 is 5.34. The maximum Gasteiger partial charge on any atom is 0.306 e. The number of aromatic nitrogens is 1. The number of nitrogens with one attached hydrogen (secondary N) is 2. The van der Waals surface area contributed by atoms with E-state index in [2.05, 4.69) is 37.6 Å². The van der Waals surface area contributed by atoms with Crippen LogP contribution in [0.25, 0.3) is 0 Å². The third-order valence-corrected chi connectivity index (χ3v) is 5.28. The van der Waals surface area contributed by atoms with Gasteiger partial charge in [-0.25, -0.2) is 4.98 Å². The molecule has 2 rings (SSSR count). The second-order valence-corrected chi connectivity index (χ2v) is 9.29. The average molecular weight is 432 g/mol. The number of carbonyl (C=O) groups excluding carboxylic acids is 1. The van der Waals surface area contributed by atoms with Crippen LogP contribution in [0.2, 0.25) is 0 Å². The van der Waals surface area contributed by atoms with Gasteiger partial charge in [-0.05, 0) is 65.5 Å². The van der Waals surface area contributed by atoms with E-state index in [9.17, 15) is 4.79 Å². The number of guanidine groups is 1. The van der Waals surface area contributed by atoms with Crippen LogP contribution in [-0.2, 0) is 9.53 Å². The minimum atomic E-state index is -0.391. The van der Waals surface area contributed by atoms with Crippen LogP contribution in [0.3, 0.4) is 0 Å². The molecule has 0 aliphatic carbocycles. The summed E-state index contributed by atoms with van der Waals surface area (Å²) in [6.07, 6.45) is 6.72. The van der Waals surface area contributed by atoms with Crippen molar-refractivity contribution in [1.29, 1.82) is 0 Å². The molecule has 1 aliphatic rings. The van der Waals surface area contributed by atoms with Gasteiger partial charge in [0, 0.05) is 44.8 Å². The van der Waals surface area contributed by atoms with E-state index in [1.54, 1.807) is 0 Å². The number of anilines is 1. The number of pyridine rings is 1. The molecular formula is C24H41N5O2. The maximum atomic E-state index is 11.7. The molecule has 1 fully saturated rings. The molecular weight excluding hydrogens is 390 g/mol. The van der Waals surface area contributed by atoms with E-state index in [0.717, 1.165) is 75.6 Å². The summed E-state index contributed by atoms with van der Waals surface area (Å²) in [5.74, 6) is 1.85. The Hall–Kier alpha value is -2.31. The molecule has 7 heteroatoms. The number of hydrogen-bond donors (Lipinski definition) is 2. The zero-order valence-corrected chi connectivity index (χ0v) is 20.0. The van der Waals surface area contributed by atoms with Gasteiger partial charge < -0.3 is 20.3 Å². The summed E-state index contributed by atoms with van der Waals surface area (Å²) in [4.78, 5) is 23.1. The van der Waals surface area contributed by atoms with Crippen LogP contribution in [0.5, 0.6) is 0 Å². The molecule has 0 spiro atoms. The topological polar surface area (TPSA) is 78.8 Å². The zero-order valence-electron chi connectivity index (χ0n) is 20.0. The minimum Gasteiger partial charge on any atom is -0.460 e. The van der Waals surface area contributed by atoms with E-state index in [4.69, 9.17) is 4.74 Å². The summed E-state index contributed by atoms with van der Waals surface area (Å²) in [7, 11) is 1.82. The van der Waals surface area contributed by atoms with Crippen LogP contribution in [0.15, 0.2) is 23.2 Å². The monoisotopic (exact) mass is 431 g/mol. The molecule has 1 aromatic heterocycles. The number of rotatable bonds is 9. The molecule has 0 amide bonds. The lowest BCUT2D eigenvalue weighted by molar-refractivity contribution is -0.154. The molecule has 1 aliphatic heterocycles. The molecule has 0 aromatic carbocycles. The van der Waals surface area contributed by atoms with Gasteiger partial charge in [-0.15, -0.1) is 0 Å². The first kappa shape index (κ1) is 25.0. The highest BCUT2D eigenvalue weighted by Gasteiger charge is 2.21. The van der Waals surface area contributed by atoms with Gasteiger partial charge in [0.15, 0.2) is 5.96 Å². The van der Waals surface area contributed by atoms with Gasteiger partial charge in [-0.2, -0.15) is 0 Å². The molecule has 2 N–H and O–H groups in total. The van der Waals surface area contributed by atoms with Crippen molar-refractivity contribution in [3.63, 3.8) is 0 Å². The van der Waals surface area contributed by atoms with Crippen LogP contribution in [0.4, 0.5) is 5.82 Å². The molecule has 1 aromatic rings. The molecule has 0 saturated carbocycles. The van der Waals surface area contributed by atoms with Crippen molar-refractivity contribution in [2.75, 3.05) is 31.6 Å². The molecule has 2 heterocycles. The van der Waals surface area contributed by atoms with Crippen molar-refractivity contribution < 1.29 is 9.53 Å². The number of aryl methyl sites for hydroxylation is 1. The smallest absolute Gasteiger partial charge is 0.306 e. The van der Waals surface area contributed by atoms with E-state index in [-0.39, 0.29) is 5.97 Å². The zero-order chi connectivity index (χ0) is 22.7. The lowest BCUT2D eigenvalue weighted by Crippen LogP contribution is -2.49. The van der Waals surface area contributed by atoms with Crippen molar-refractivity contribution in [3.05, 3.63) is 23.9 Å². The first-order chi connectivity index (χ1) is 14.8. The minimum absolute atomic E-state index is 0.0977. The van der Waals surface area contributed by atoms with E-state index >= 15 is 0 Å². The fraction of sp³-hybridized carbons (Fsp3) is 0.708. The Morgan fingerprint density at radius 2 is 1.90 bits per heavy atom. The normalized spacial score (nSPS) is 15.6. The van der Waals surface area contributed by atoms with Gasteiger partial charge in [0.25, 0.3) is 0 Å². The lowest BCUT2D eigenvalue weighted by atomic mass is 10.1. The Balaban J connectivity index is 1.56. The van der Waals surface area contributed by atoms with Gasteiger partial charge in [-0.1, -0.05) is 18.9 Å². The van der Waals surface area contributed by atoms with Crippen LogP contribution >= 0.6 is 0 Å². The number of aliphatic imine (C=N–C) groups is 1. The number of esters is 1. The molecule has 174 valence electrons. The molecule has 0 radical (unpaired) electrons. The molecule has 0 unspecified atom stereocenters. The van der Waals surface area contributed by atoms with Crippen molar-refractivity contribution >= 4 is 17.7 Å². The summed E-state index contributed by atoms with van der Waals surface area (Å²) in [5, 5.41) is 6.98. The van der Waals surface area contributed by atoms with Crippen LogP contribution in [-0.4, -0.2) is 55.2 Å². The van der Waals surface area contributed by atoms with Crippen LogP contribution < -0.4 is 15.5 Å². The predicted molar refractivity (Wildman–Crippen MR) is 128 cm³/mol. The Morgan fingerprint density at radius 3 is 2.55 bits per heavy atom.